The first-order valence-electron chi connectivity index (χ1n) is 6.35. The molecule has 0 heterocycles. The van der Waals surface area contributed by atoms with Gasteiger partial charge in [-0.2, -0.15) is 9.57 Å². The number of benzene rings is 2. The summed E-state index contributed by atoms with van der Waals surface area (Å²) in [5, 5.41) is 10.4. The van der Waals surface area contributed by atoms with Crippen LogP contribution in [0.4, 0.5) is 0 Å². The van der Waals surface area contributed by atoms with Crippen molar-refractivity contribution >= 4 is 20.8 Å². The van der Waals surface area contributed by atoms with Gasteiger partial charge < -0.3 is 0 Å². The molecule has 20 heavy (non-hydrogen) atoms. The van der Waals surface area contributed by atoms with Crippen LogP contribution >= 0.6 is 0 Å². The molecular formula is C15H16N2O2S. The smallest absolute Gasteiger partial charge is 0.207 e. The number of hydrogen-bond acceptors (Lipinski definition) is 3. The maximum absolute atomic E-state index is 12.8. The van der Waals surface area contributed by atoms with Gasteiger partial charge in [0.1, 0.15) is 6.54 Å². The molecule has 0 fully saturated rings. The Hall–Kier alpha value is -1.90. The quantitative estimate of drug-likeness (QED) is 0.813. The monoisotopic (exact) mass is 288 g/mol. The van der Waals surface area contributed by atoms with Crippen LogP contribution in [0.15, 0.2) is 47.4 Å². The molecular weight excluding hydrogens is 272 g/mol. The largest absolute Gasteiger partial charge is 0.244 e. The van der Waals surface area contributed by atoms with E-state index in [1.165, 1.54) is 4.31 Å². The fourth-order valence-corrected chi connectivity index (χ4v) is 3.91. The van der Waals surface area contributed by atoms with Crippen molar-refractivity contribution in [3.8, 4) is 6.07 Å². The highest BCUT2D eigenvalue weighted by Gasteiger charge is 2.28. The van der Waals surface area contributed by atoms with Gasteiger partial charge in [-0.3, -0.25) is 0 Å². The lowest BCUT2D eigenvalue weighted by Gasteiger charge is -2.23. The first-order valence-corrected chi connectivity index (χ1v) is 7.79. The molecule has 0 atom stereocenters. The predicted molar refractivity (Wildman–Crippen MR) is 78.6 cm³/mol. The minimum absolute atomic E-state index is 0.150. The SMILES string of the molecule is CC(C)N(CC#N)S(=O)(=O)c1cccc2ccccc12. The molecule has 0 bridgehead atoms. The minimum atomic E-state index is -3.68. The van der Waals surface area contributed by atoms with Crippen molar-refractivity contribution < 1.29 is 8.42 Å². The van der Waals surface area contributed by atoms with Crippen LogP contribution < -0.4 is 0 Å². The van der Waals surface area contributed by atoms with Gasteiger partial charge in [-0.25, -0.2) is 8.42 Å². The van der Waals surface area contributed by atoms with Gasteiger partial charge >= 0.3 is 0 Å². The minimum Gasteiger partial charge on any atom is -0.207 e. The molecule has 0 saturated heterocycles. The lowest BCUT2D eigenvalue weighted by atomic mass is 10.1. The molecule has 4 nitrogen and oxygen atoms in total. The Morgan fingerprint density at radius 2 is 1.80 bits per heavy atom. The van der Waals surface area contributed by atoms with Crippen LogP contribution in [0, 0.1) is 11.3 Å². The number of hydrogen-bond donors (Lipinski definition) is 0. The van der Waals surface area contributed by atoms with Gasteiger partial charge in [0, 0.05) is 11.4 Å². The van der Waals surface area contributed by atoms with Crippen molar-refractivity contribution in [1.82, 2.24) is 4.31 Å². The Balaban J connectivity index is 2.66. The van der Waals surface area contributed by atoms with Crippen LogP contribution in [0.25, 0.3) is 10.8 Å². The molecule has 0 saturated carbocycles. The second kappa shape index (κ2) is 5.61. The molecule has 2 rings (SSSR count). The van der Waals surface area contributed by atoms with E-state index in [-0.39, 0.29) is 17.5 Å². The normalized spacial score (nSPS) is 11.9. The lowest BCUT2D eigenvalue weighted by Crippen LogP contribution is -2.37. The van der Waals surface area contributed by atoms with E-state index < -0.39 is 10.0 Å². The highest BCUT2D eigenvalue weighted by Crippen LogP contribution is 2.26. The second-order valence-electron chi connectivity index (χ2n) is 4.78. The zero-order valence-corrected chi connectivity index (χ0v) is 12.3. The first kappa shape index (κ1) is 14.5. The molecule has 0 aromatic heterocycles. The van der Waals surface area contributed by atoms with E-state index >= 15 is 0 Å². The summed E-state index contributed by atoms with van der Waals surface area (Å²) in [5.41, 5.74) is 0. The van der Waals surface area contributed by atoms with Crippen molar-refractivity contribution in [3.63, 3.8) is 0 Å². The number of nitriles is 1. The molecule has 0 aliphatic carbocycles. The van der Waals surface area contributed by atoms with Gasteiger partial charge in [-0.15, -0.1) is 0 Å². The van der Waals surface area contributed by atoms with E-state index in [1.807, 2.05) is 30.3 Å². The molecule has 0 aliphatic heterocycles. The maximum Gasteiger partial charge on any atom is 0.244 e. The molecule has 0 radical (unpaired) electrons. The Bertz CT molecular complexity index is 756. The highest BCUT2D eigenvalue weighted by atomic mass is 32.2. The average molecular weight is 288 g/mol. The topological polar surface area (TPSA) is 61.2 Å². The number of nitrogens with zero attached hydrogens (tertiary/aromatic N) is 2. The Labute approximate surface area is 119 Å². The van der Waals surface area contributed by atoms with Crippen LogP contribution in [0.5, 0.6) is 0 Å². The van der Waals surface area contributed by atoms with E-state index in [0.717, 1.165) is 5.39 Å². The van der Waals surface area contributed by atoms with Crippen LogP contribution in [-0.4, -0.2) is 25.3 Å². The summed E-state index contributed by atoms with van der Waals surface area (Å²) >= 11 is 0. The zero-order chi connectivity index (χ0) is 14.8. The van der Waals surface area contributed by atoms with Gasteiger partial charge in [0.2, 0.25) is 10.0 Å². The number of fused-ring (bicyclic) bond motifs is 1. The predicted octanol–water partition coefficient (Wildman–Crippen LogP) is 2.76. The molecule has 0 spiro atoms. The lowest BCUT2D eigenvalue weighted by molar-refractivity contribution is 0.386. The summed E-state index contributed by atoms with van der Waals surface area (Å²) in [6.07, 6.45) is 0. The van der Waals surface area contributed by atoms with E-state index in [4.69, 9.17) is 5.26 Å². The molecule has 0 amide bonds. The third kappa shape index (κ3) is 2.53. The van der Waals surface area contributed by atoms with E-state index in [0.29, 0.717) is 5.39 Å². The van der Waals surface area contributed by atoms with Gasteiger partial charge in [-0.1, -0.05) is 36.4 Å². The summed E-state index contributed by atoms with van der Waals surface area (Å²) in [7, 11) is -3.68. The van der Waals surface area contributed by atoms with E-state index in [9.17, 15) is 8.42 Å². The molecule has 104 valence electrons. The second-order valence-corrected chi connectivity index (χ2v) is 6.64. The Morgan fingerprint density at radius 3 is 2.45 bits per heavy atom. The van der Waals surface area contributed by atoms with E-state index in [1.54, 1.807) is 32.0 Å². The van der Waals surface area contributed by atoms with Crippen molar-refractivity contribution in [2.75, 3.05) is 6.54 Å². The molecule has 0 unspecified atom stereocenters. The average Bonchev–Trinajstić information content (AvgIpc) is 2.43. The Morgan fingerprint density at radius 1 is 1.15 bits per heavy atom. The fraction of sp³-hybridized carbons (Fsp3) is 0.267. The number of sulfonamides is 1. The van der Waals surface area contributed by atoms with Crippen LogP contribution in [0.3, 0.4) is 0 Å². The van der Waals surface area contributed by atoms with Crippen molar-refractivity contribution in [2.24, 2.45) is 0 Å². The van der Waals surface area contributed by atoms with Crippen LogP contribution in [0.2, 0.25) is 0 Å². The number of rotatable bonds is 4. The first-order chi connectivity index (χ1) is 9.48. The Kier molecular flexibility index (Phi) is 4.07. The molecule has 2 aromatic carbocycles. The van der Waals surface area contributed by atoms with Gasteiger partial charge in [0.25, 0.3) is 0 Å². The van der Waals surface area contributed by atoms with Crippen molar-refractivity contribution in [1.29, 1.82) is 5.26 Å². The summed E-state index contributed by atoms with van der Waals surface area (Å²) in [4.78, 5) is 0.250. The molecule has 5 heteroatoms. The van der Waals surface area contributed by atoms with Crippen LogP contribution in [-0.2, 0) is 10.0 Å². The highest BCUT2D eigenvalue weighted by molar-refractivity contribution is 7.89. The summed E-state index contributed by atoms with van der Waals surface area (Å²) in [6.45, 7) is 3.38. The van der Waals surface area contributed by atoms with Crippen molar-refractivity contribution in [3.05, 3.63) is 42.5 Å². The van der Waals surface area contributed by atoms with E-state index in [2.05, 4.69) is 0 Å². The van der Waals surface area contributed by atoms with Gasteiger partial charge in [0.05, 0.1) is 11.0 Å². The molecule has 0 N–H and O–H groups in total. The molecule has 0 aliphatic rings. The summed E-state index contributed by atoms with van der Waals surface area (Å²) < 4.78 is 26.7. The third-order valence-electron chi connectivity index (χ3n) is 3.14. The fourth-order valence-electron chi connectivity index (χ4n) is 2.16. The summed E-state index contributed by atoms with van der Waals surface area (Å²) in [6, 6.07) is 14.2. The van der Waals surface area contributed by atoms with Crippen LogP contribution in [0.1, 0.15) is 13.8 Å². The van der Waals surface area contributed by atoms with Gasteiger partial charge in [0.15, 0.2) is 0 Å². The third-order valence-corrected chi connectivity index (χ3v) is 5.22. The zero-order valence-electron chi connectivity index (χ0n) is 11.4. The van der Waals surface area contributed by atoms with Crippen molar-refractivity contribution in [2.45, 2.75) is 24.8 Å². The summed E-state index contributed by atoms with van der Waals surface area (Å²) in [5.74, 6) is 0. The standard InChI is InChI=1S/C15H16N2O2S/c1-12(2)17(11-10-16)20(18,19)15-9-5-7-13-6-3-4-8-14(13)15/h3-9,12H,11H2,1-2H3. The maximum atomic E-state index is 12.8. The van der Waals surface area contributed by atoms with Gasteiger partial charge in [-0.05, 0) is 25.3 Å². The molecule has 2 aromatic rings.